The molecule has 0 N–H and O–H groups in total. The van der Waals surface area contributed by atoms with Crippen LogP contribution >= 0.6 is 11.3 Å². The van der Waals surface area contributed by atoms with Gasteiger partial charge in [-0.15, -0.1) is 11.3 Å². The molecule has 2 spiro atoms. The summed E-state index contributed by atoms with van der Waals surface area (Å²) in [4.78, 5) is 2.52. The molecule has 0 radical (unpaired) electrons. The van der Waals surface area contributed by atoms with Crippen LogP contribution in [0.5, 0.6) is 0 Å². The van der Waals surface area contributed by atoms with Crippen molar-refractivity contribution in [2.24, 2.45) is 23.7 Å². The molecule has 4 bridgehead atoms. The number of nitrogens with zero attached hydrogens (tertiary/aromatic N) is 1. The van der Waals surface area contributed by atoms with Crippen LogP contribution in [-0.4, -0.2) is 0 Å². The third-order valence-corrected chi connectivity index (χ3v) is 18.9. The standard InChI is InChI=1S/C63H51NS/c1-2-10-41(11-3-1)42-16-20-47(21-17-42)64(49-22-25-52-50-12-4-6-14-56(50)62(58(52)38-49)28-8-9-29-62)48-23-27-61-55(37-48)54-35-43(19-26-60(54)65-61)44-18-24-53-51-13-5-7-15-57(51)63(59(53)36-44)45-31-39-30-40(33-45)34-46(63)32-39/h1-7,10-27,35-40,45-46H,8-9,28-34H2. The topological polar surface area (TPSA) is 3.24 Å². The summed E-state index contributed by atoms with van der Waals surface area (Å²) in [6.07, 6.45) is 12.1. The monoisotopic (exact) mass is 853 g/mol. The lowest BCUT2D eigenvalue weighted by molar-refractivity contribution is -0.0399. The van der Waals surface area contributed by atoms with E-state index >= 15 is 0 Å². The van der Waals surface area contributed by atoms with Gasteiger partial charge in [-0.3, -0.25) is 0 Å². The highest BCUT2D eigenvalue weighted by molar-refractivity contribution is 7.25. The molecular weight excluding hydrogens is 803 g/mol. The second-order valence-electron chi connectivity index (χ2n) is 20.8. The summed E-state index contributed by atoms with van der Waals surface area (Å²) in [5.74, 6) is 3.41. The van der Waals surface area contributed by atoms with Crippen molar-refractivity contribution in [2.45, 2.75) is 68.6 Å². The SMILES string of the molecule is c1ccc(-c2ccc(N(c3ccc4c(c3)C3(CCCC3)c3ccccc3-4)c3ccc4sc5ccc(-c6ccc7c(c6)C6(c8ccccc8-7)C7CC8CC(C7)CC6C8)cc5c4c3)cc2)cc1. The molecule has 1 aromatic heterocycles. The van der Waals surface area contributed by atoms with Gasteiger partial charge in [0, 0.05) is 48.1 Å². The predicted octanol–water partition coefficient (Wildman–Crippen LogP) is 17.4. The van der Waals surface area contributed by atoms with Crippen LogP contribution in [0.1, 0.15) is 80.0 Å². The van der Waals surface area contributed by atoms with Crippen LogP contribution in [0.2, 0.25) is 0 Å². The largest absolute Gasteiger partial charge is 0.310 e. The molecule has 5 fully saturated rings. The Morgan fingerprint density at radius 2 is 0.908 bits per heavy atom. The summed E-state index contributed by atoms with van der Waals surface area (Å²) >= 11 is 1.93. The lowest BCUT2D eigenvalue weighted by atomic mass is 9.43. The average Bonchev–Trinajstić information content (AvgIpc) is 4.13. The highest BCUT2D eigenvalue weighted by Gasteiger charge is 2.61. The van der Waals surface area contributed by atoms with E-state index in [1.165, 1.54) is 151 Å². The molecule has 16 rings (SSSR count). The molecule has 7 aliphatic rings. The first kappa shape index (κ1) is 37.0. The highest BCUT2D eigenvalue weighted by atomic mass is 32.1. The van der Waals surface area contributed by atoms with Gasteiger partial charge in [0.2, 0.25) is 0 Å². The van der Waals surface area contributed by atoms with Gasteiger partial charge in [-0.1, -0.05) is 128 Å². The van der Waals surface area contributed by atoms with Gasteiger partial charge >= 0.3 is 0 Å². The van der Waals surface area contributed by atoms with Gasteiger partial charge in [-0.05, 0) is 196 Å². The predicted molar refractivity (Wildman–Crippen MR) is 273 cm³/mol. The molecule has 0 amide bonds. The van der Waals surface area contributed by atoms with Crippen molar-refractivity contribution < 1.29 is 0 Å². The normalized spacial score (nSPS) is 23.6. The van der Waals surface area contributed by atoms with Gasteiger partial charge < -0.3 is 4.90 Å². The van der Waals surface area contributed by atoms with E-state index in [9.17, 15) is 0 Å². The van der Waals surface area contributed by atoms with E-state index in [0.717, 1.165) is 23.7 Å². The van der Waals surface area contributed by atoms with Crippen molar-refractivity contribution in [3.63, 3.8) is 0 Å². The van der Waals surface area contributed by atoms with Gasteiger partial charge in [-0.2, -0.15) is 0 Å². The van der Waals surface area contributed by atoms with E-state index in [1.54, 1.807) is 11.1 Å². The smallest absolute Gasteiger partial charge is 0.0468 e. The first-order chi connectivity index (χ1) is 32.1. The second-order valence-corrected chi connectivity index (χ2v) is 21.9. The fourth-order valence-corrected chi connectivity index (χ4v) is 16.5. The first-order valence-corrected chi connectivity index (χ1v) is 25.4. The van der Waals surface area contributed by atoms with Gasteiger partial charge in [0.25, 0.3) is 0 Å². The number of hydrogen-bond donors (Lipinski definition) is 0. The maximum atomic E-state index is 2.66. The minimum Gasteiger partial charge on any atom is -0.310 e. The summed E-state index contributed by atoms with van der Waals surface area (Å²) in [6.45, 7) is 0. The summed E-state index contributed by atoms with van der Waals surface area (Å²) in [5.41, 5.74) is 21.2. The fourth-order valence-electron chi connectivity index (χ4n) is 15.4. The minimum absolute atomic E-state index is 0.102. The summed E-state index contributed by atoms with van der Waals surface area (Å²) < 4.78 is 2.69. The van der Waals surface area contributed by atoms with Crippen LogP contribution in [0.4, 0.5) is 17.1 Å². The molecule has 1 nitrogen and oxygen atoms in total. The van der Waals surface area contributed by atoms with Crippen LogP contribution in [0, 0.1) is 23.7 Å². The lowest BCUT2D eigenvalue weighted by Crippen LogP contribution is -2.55. The highest BCUT2D eigenvalue weighted by Crippen LogP contribution is 2.69. The Morgan fingerprint density at radius 1 is 0.385 bits per heavy atom. The van der Waals surface area contributed by atoms with E-state index in [2.05, 4.69) is 181 Å². The molecule has 2 heteroatoms. The van der Waals surface area contributed by atoms with Crippen molar-refractivity contribution in [3.05, 3.63) is 198 Å². The zero-order chi connectivity index (χ0) is 42.4. The summed E-state index contributed by atoms with van der Waals surface area (Å²) in [5, 5.41) is 2.69. The molecule has 65 heavy (non-hydrogen) atoms. The van der Waals surface area contributed by atoms with Crippen molar-refractivity contribution in [2.75, 3.05) is 4.90 Å². The van der Waals surface area contributed by atoms with Crippen molar-refractivity contribution in [3.8, 4) is 44.5 Å². The zero-order valence-electron chi connectivity index (χ0n) is 36.8. The van der Waals surface area contributed by atoms with Gasteiger partial charge in [0.15, 0.2) is 0 Å². The van der Waals surface area contributed by atoms with E-state index < -0.39 is 0 Å². The molecule has 1 heterocycles. The second kappa shape index (κ2) is 13.7. The Hall–Kier alpha value is -6.22. The molecule has 9 aromatic rings. The van der Waals surface area contributed by atoms with Crippen LogP contribution in [0.3, 0.4) is 0 Å². The van der Waals surface area contributed by atoms with Crippen molar-refractivity contribution >= 4 is 48.6 Å². The number of benzene rings is 8. The number of fused-ring (bicyclic) bond motifs is 11. The van der Waals surface area contributed by atoms with Gasteiger partial charge in [-0.25, -0.2) is 0 Å². The lowest BCUT2D eigenvalue weighted by Gasteiger charge is -2.61. The van der Waals surface area contributed by atoms with Crippen LogP contribution in [0.15, 0.2) is 176 Å². The van der Waals surface area contributed by atoms with Crippen LogP contribution in [0.25, 0.3) is 64.7 Å². The number of anilines is 3. The Labute approximate surface area is 386 Å². The molecule has 0 unspecified atom stereocenters. The van der Waals surface area contributed by atoms with Crippen molar-refractivity contribution in [1.29, 1.82) is 0 Å². The third-order valence-electron chi connectivity index (χ3n) is 17.8. The molecule has 0 saturated heterocycles. The number of rotatable bonds is 5. The van der Waals surface area contributed by atoms with Gasteiger partial charge in [0.1, 0.15) is 0 Å². The number of thiophene rings is 1. The molecule has 5 saturated carbocycles. The molecule has 8 aromatic carbocycles. The summed E-state index contributed by atoms with van der Waals surface area (Å²) in [7, 11) is 0. The first-order valence-electron chi connectivity index (χ1n) is 24.5. The maximum Gasteiger partial charge on any atom is 0.0468 e. The zero-order valence-corrected chi connectivity index (χ0v) is 37.6. The van der Waals surface area contributed by atoms with E-state index in [1.807, 2.05) is 11.3 Å². The van der Waals surface area contributed by atoms with E-state index in [0.29, 0.717) is 0 Å². The average molecular weight is 854 g/mol. The molecule has 0 atom stereocenters. The van der Waals surface area contributed by atoms with Crippen LogP contribution in [-0.2, 0) is 10.8 Å². The number of hydrogen-bond acceptors (Lipinski definition) is 2. The maximum absolute atomic E-state index is 2.66. The van der Waals surface area contributed by atoms with Crippen molar-refractivity contribution in [1.82, 2.24) is 0 Å². The summed E-state index contributed by atoms with van der Waals surface area (Å²) in [6, 6.07) is 68.2. The van der Waals surface area contributed by atoms with Gasteiger partial charge in [0.05, 0.1) is 0 Å². The Morgan fingerprint density at radius 3 is 1.68 bits per heavy atom. The molecule has 7 aliphatic carbocycles. The molecular formula is C63H51NS. The molecule has 314 valence electrons. The van der Waals surface area contributed by atoms with E-state index in [4.69, 9.17) is 0 Å². The Kier molecular flexibility index (Phi) is 7.79. The van der Waals surface area contributed by atoms with E-state index in [-0.39, 0.29) is 10.8 Å². The Bertz CT molecular complexity index is 3370. The van der Waals surface area contributed by atoms with Crippen LogP contribution < -0.4 is 4.90 Å². The third kappa shape index (κ3) is 5.15. The fraction of sp³-hybridized carbons (Fsp3) is 0.238. The quantitative estimate of drug-likeness (QED) is 0.167. The minimum atomic E-state index is 0.102. The molecule has 0 aliphatic heterocycles. The Balaban J connectivity index is 0.869.